The van der Waals surface area contributed by atoms with Gasteiger partial charge in [-0.1, -0.05) is 6.92 Å². The predicted molar refractivity (Wildman–Crippen MR) is 86.4 cm³/mol. The topological polar surface area (TPSA) is 71.3 Å². The Bertz CT molecular complexity index is 690. The number of carbonyl (C=O) groups is 2. The van der Waals surface area contributed by atoms with Gasteiger partial charge in [0.2, 0.25) is 0 Å². The predicted octanol–water partition coefficient (Wildman–Crippen LogP) is 3.98. The maximum absolute atomic E-state index is 12.4. The average Bonchev–Trinajstić information content (AvgIpc) is 2.94. The number of carboxylic acids is 1. The number of halogens is 1. The first-order chi connectivity index (χ1) is 9.93. The second kappa shape index (κ2) is 6.44. The van der Waals surface area contributed by atoms with E-state index in [2.05, 4.69) is 21.2 Å². The minimum Gasteiger partial charge on any atom is -0.477 e. The molecule has 0 fully saturated rings. The minimum absolute atomic E-state index is 0.147. The summed E-state index contributed by atoms with van der Waals surface area (Å²) >= 11 is 4.47. The van der Waals surface area contributed by atoms with Crippen molar-refractivity contribution in [3.05, 3.63) is 38.3 Å². The van der Waals surface area contributed by atoms with Crippen LogP contribution in [0.4, 0.5) is 5.69 Å². The number of rotatable bonds is 5. The van der Waals surface area contributed by atoms with E-state index < -0.39 is 5.97 Å². The molecule has 0 bridgehead atoms. The summed E-state index contributed by atoms with van der Waals surface area (Å²) in [6, 6.07) is 1.73. The number of nitrogens with one attached hydrogen (secondary N) is 1. The number of aryl methyl sites for hydroxylation is 2. The molecule has 2 N–H and O–H groups in total. The highest BCUT2D eigenvalue weighted by Gasteiger charge is 2.20. The number of carboxylic acid groups (broad SMARTS) is 1. The molecule has 0 aromatic carbocycles. The largest absolute Gasteiger partial charge is 0.477 e. The Labute approximate surface area is 134 Å². The fourth-order valence-electron chi connectivity index (χ4n) is 2.03. The van der Waals surface area contributed by atoms with Crippen molar-refractivity contribution in [2.45, 2.75) is 26.8 Å². The maximum Gasteiger partial charge on any atom is 0.348 e. The van der Waals surface area contributed by atoms with Gasteiger partial charge in [-0.25, -0.2) is 4.79 Å². The van der Waals surface area contributed by atoms with E-state index in [4.69, 9.17) is 5.11 Å². The number of hydrogen-bond donors (Lipinski definition) is 2. The first-order valence-corrected chi connectivity index (χ1v) is 8.09. The summed E-state index contributed by atoms with van der Waals surface area (Å²) in [6.07, 6.45) is 2.75. The smallest absolute Gasteiger partial charge is 0.348 e. The van der Waals surface area contributed by atoms with Gasteiger partial charge in [0.25, 0.3) is 5.91 Å². The van der Waals surface area contributed by atoms with Gasteiger partial charge < -0.3 is 15.0 Å². The molecule has 0 aliphatic carbocycles. The van der Waals surface area contributed by atoms with E-state index >= 15 is 0 Å². The first-order valence-electron chi connectivity index (χ1n) is 6.42. The number of anilines is 1. The molecule has 2 heterocycles. The molecule has 0 saturated heterocycles. The Hall–Kier alpha value is -1.60. The first kappa shape index (κ1) is 15.8. The lowest BCUT2D eigenvalue weighted by Crippen LogP contribution is -2.18. The standard InChI is InChI=1S/C14H15BrN2O3S/c1-3-4-17-6-9(15)5-10(17)13(18)16-11-8(2)7-21-12(11)14(19)20/h5-7H,3-4H2,1-2H3,(H,16,18)(H,19,20). The summed E-state index contributed by atoms with van der Waals surface area (Å²) in [7, 11) is 0. The summed E-state index contributed by atoms with van der Waals surface area (Å²) in [5, 5.41) is 13.6. The van der Waals surface area contributed by atoms with Crippen molar-refractivity contribution < 1.29 is 14.7 Å². The molecule has 0 aliphatic heterocycles. The Morgan fingerprint density at radius 2 is 2.19 bits per heavy atom. The van der Waals surface area contributed by atoms with E-state index in [0.29, 0.717) is 11.4 Å². The van der Waals surface area contributed by atoms with E-state index in [1.165, 1.54) is 0 Å². The van der Waals surface area contributed by atoms with Crippen LogP contribution in [0.3, 0.4) is 0 Å². The van der Waals surface area contributed by atoms with Gasteiger partial charge in [0.15, 0.2) is 0 Å². The van der Waals surface area contributed by atoms with Crippen molar-refractivity contribution in [3.63, 3.8) is 0 Å². The number of carbonyl (C=O) groups excluding carboxylic acids is 1. The van der Waals surface area contributed by atoms with Crippen LogP contribution in [0.2, 0.25) is 0 Å². The molecule has 1 amide bonds. The van der Waals surface area contributed by atoms with Crippen molar-refractivity contribution in [2.24, 2.45) is 0 Å². The number of aromatic carboxylic acids is 1. The van der Waals surface area contributed by atoms with Gasteiger partial charge in [-0.05, 0) is 46.3 Å². The maximum atomic E-state index is 12.4. The third kappa shape index (κ3) is 3.36. The number of amides is 1. The second-order valence-electron chi connectivity index (χ2n) is 4.62. The molecule has 112 valence electrons. The molecular formula is C14H15BrN2O3S. The number of hydrogen-bond acceptors (Lipinski definition) is 3. The third-order valence-electron chi connectivity index (χ3n) is 2.97. The molecule has 0 spiro atoms. The summed E-state index contributed by atoms with van der Waals surface area (Å²) in [4.78, 5) is 23.7. The van der Waals surface area contributed by atoms with Crippen molar-refractivity contribution >= 4 is 44.8 Å². The average molecular weight is 371 g/mol. The summed E-state index contributed by atoms with van der Waals surface area (Å²) in [5.74, 6) is -1.34. The zero-order chi connectivity index (χ0) is 15.6. The Kier molecular flexibility index (Phi) is 4.84. The molecule has 2 aromatic rings. The molecule has 0 radical (unpaired) electrons. The fraction of sp³-hybridized carbons (Fsp3) is 0.286. The summed E-state index contributed by atoms with van der Waals surface area (Å²) in [6.45, 7) is 4.53. The highest BCUT2D eigenvalue weighted by atomic mass is 79.9. The van der Waals surface area contributed by atoms with Crippen LogP contribution in [-0.2, 0) is 6.54 Å². The number of thiophene rings is 1. The molecule has 0 atom stereocenters. The normalized spacial score (nSPS) is 10.6. The van der Waals surface area contributed by atoms with Crippen LogP contribution >= 0.6 is 27.3 Å². The van der Waals surface area contributed by atoms with Crippen LogP contribution < -0.4 is 5.32 Å². The van der Waals surface area contributed by atoms with Gasteiger partial charge in [0, 0.05) is 17.2 Å². The van der Waals surface area contributed by atoms with E-state index in [9.17, 15) is 9.59 Å². The van der Waals surface area contributed by atoms with Crippen LogP contribution in [-0.4, -0.2) is 21.6 Å². The van der Waals surface area contributed by atoms with E-state index in [1.807, 2.05) is 17.7 Å². The Morgan fingerprint density at radius 1 is 1.48 bits per heavy atom. The lowest BCUT2D eigenvalue weighted by molar-refractivity contribution is 0.0703. The molecule has 2 rings (SSSR count). The third-order valence-corrected chi connectivity index (χ3v) is 4.49. The second-order valence-corrected chi connectivity index (χ2v) is 6.41. The molecule has 21 heavy (non-hydrogen) atoms. The fourth-order valence-corrected chi connectivity index (χ4v) is 3.33. The van der Waals surface area contributed by atoms with Gasteiger partial charge in [-0.2, -0.15) is 0 Å². The van der Waals surface area contributed by atoms with Gasteiger partial charge in [0.1, 0.15) is 10.6 Å². The van der Waals surface area contributed by atoms with E-state index in [1.54, 1.807) is 18.4 Å². The van der Waals surface area contributed by atoms with Crippen LogP contribution in [0.1, 0.15) is 39.1 Å². The Morgan fingerprint density at radius 3 is 2.81 bits per heavy atom. The molecule has 7 heteroatoms. The highest BCUT2D eigenvalue weighted by molar-refractivity contribution is 9.10. The van der Waals surface area contributed by atoms with Gasteiger partial charge >= 0.3 is 5.97 Å². The molecule has 2 aromatic heterocycles. The van der Waals surface area contributed by atoms with Crippen LogP contribution in [0.25, 0.3) is 0 Å². The van der Waals surface area contributed by atoms with E-state index in [0.717, 1.165) is 34.3 Å². The van der Waals surface area contributed by atoms with Crippen LogP contribution in [0.15, 0.2) is 22.1 Å². The van der Waals surface area contributed by atoms with Gasteiger partial charge in [0.05, 0.1) is 5.69 Å². The minimum atomic E-state index is -1.03. The summed E-state index contributed by atoms with van der Waals surface area (Å²) in [5.41, 5.74) is 1.63. The zero-order valence-electron chi connectivity index (χ0n) is 11.6. The molecule has 5 nitrogen and oxygen atoms in total. The van der Waals surface area contributed by atoms with Crippen LogP contribution in [0, 0.1) is 6.92 Å². The van der Waals surface area contributed by atoms with Crippen molar-refractivity contribution in [1.82, 2.24) is 4.57 Å². The van der Waals surface area contributed by atoms with Gasteiger partial charge in [-0.3, -0.25) is 4.79 Å². The molecule has 0 saturated carbocycles. The quantitative estimate of drug-likeness (QED) is 0.835. The molecule has 0 unspecified atom stereocenters. The molecule has 0 aliphatic rings. The van der Waals surface area contributed by atoms with Crippen molar-refractivity contribution in [2.75, 3.05) is 5.32 Å². The monoisotopic (exact) mass is 370 g/mol. The molecular weight excluding hydrogens is 356 g/mol. The number of nitrogens with zero attached hydrogens (tertiary/aromatic N) is 1. The highest BCUT2D eigenvalue weighted by Crippen LogP contribution is 2.28. The number of aromatic nitrogens is 1. The zero-order valence-corrected chi connectivity index (χ0v) is 14.0. The van der Waals surface area contributed by atoms with Crippen molar-refractivity contribution in [1.29, 1.82) is 0 Å². The van der Waals surface area contributed by atoms with Gasteiger partial charge in [-0.15, -0.1) is 11.3 Å². The van der Waals surface area contributed by atoms with Crippen LogP contribution in [0.5, 0.6) is 0 Å². The SMILES string of the molecule is CCCn1cc(Br)cc1C(=O)Nc1c(C)csc1C(=O)O. The lowest BCUT2D eigenvalue weighted by Gasteiger charge is -2.09. The van der Waals surface area contributed by atoms with Crippen molar-refractivity contribution in [3.8, 4) is 0 Å². The Balaban J connectivity index is 2.30. The summed E-state index contributed by atoms with van der Waals surface area (Å²) < 4.78 is 2.67. The van der Waals surface area contributed by atoms with E-state index in [-0.39, 0.29) is 10.8 Å². The lowest BCUT2D eigenvalue weighted by atomic mass is 10.2.